The van der Waals surface area contributed by atoms with Crippen LogP contribution in [-0.2, 0) is 0 Å². The van der Waals surface area contributed by atoms with E-state index in [0.29, 0.717) is 0 Å². The highest BCUT2D eigenvalue weighted by Crippen LogP contribution is 2.25. The van der Waals surface area contributed by atoms with Crippen molar-refractivity contribution in [3.05, 3.63) is 28.5 Å². The number of nitrogens with one attached hydrogen (secondary N) is 1. The molecule has 2 heterocycles. The van der Waals surface area contributed by atoms with Crippen LogP contribution in [-0.4, -0.2) is 18.1 Å². The minimum atomic E-state index is 0.743. The molecule has 4 heteroatoms. The summed E-state index contributed by atoms with van der Waals surface area (Å²) in [6.07, 6.45) is 4.93. The van der Waals surface area contributed by atoms with E-state index in [0.717, 1.165) is 35.4 Å². The van der Waals surface area contributed by atoms with E-state index in [2.05, 4.69) is 32.3 Å². The van der Waals surface area contributed by atoms with Gasteiger partial charge in [-0.2, -0.15) is 0 Å². The number of pyridine rings is 1. The molecule has 0 radical (unpaired) electrons. The summed E-state index contributed by atoms with van der Waals surface area (Å²) in [7, 11) is 0. The van der Waals surface area contributed by atoms with Gasteiger partial charge in [-0.05, 0) is 40.5 Å². The van der Waals surface area contributed by atoms with Crippen molar-refractivity contribution in [3.8, 4) is 0 Å². The van der Waals surface area contributed by atoms with E-state index in [1.54, 1.807) is 6.20 Å². The van der Waals surface area contributed by atoms with Crippen LogP contribution in [0.25, 0.3) is 5.57 Å². The summed E-state index contributed by atoms with van der Waals surface area (Å²) < 4.78 is 0.924. The average Bonchev–Trinajstić information content (AvgIpc) is 2.19. The van der Waals surface area contributed by atoms with Crippen molar-refractivity contribution >= 4 is 27.2 Å². The van der Waals surface area contributed by atoms with Gasteiger partial charge in [0.25, 0.3) is 0 Å². The molecule has 1 aliphatic heterocycles. The van der Waals surface area contributed by atoms with Gasteiger partial charge in [0.05, 0.1) is 11.4 Å². The van der Waals surface area contributed by atoms with Crippen molar-refractivity contribution in [2.24, 2.45) is 0 Å². The average molecular weight is 254 g/mol. The lowest BCUT2D eigenvalue weighted by atomic mass is 10.0. The lowest BCUT2D eigenvalue weighted by Crippen LogP contribution is -2.20. The second-order valence-corrected chi connectivity index (χ2v) is 4.19. The quantitative estimate of drug-likeness (QED) is 0.803. The fraction of sp³-hybridized carbons (Fsp3) is 0.300. The summed E-state index contributed by atoms with van der Waals surface area (Å²) in [6.45, 7) is 1.91. The fourth-order valence-corrected chi connectivity index (χ4v) is 1.91. The third-order valence-electron chi connectivity index (χ3n) is 2.25. The molecule has 0 atom stereocenters. The smallest absolute Gasteiger partial charge is 0.0889 e. The molecule has 0 aliphatic carbocycles. The van der Waals surface area contributed by atoms with Gasteiger partial charge in [0.15, 0.2) is 0 Å². The van der Waals surface area contributed by atoms with E-state index in [9.17, 15) is 0 Å². The number of nitrogens with two attached hydrogens (primary N) is 1. The summed E-state index contributed by atoms with van der Waals surface area (Å²) in [6, 6.07) is 1.89. The van der Waals surface area contributed by atoms with Crippen LogP contribution >= 0.6 is 15.9 Å². The van der Waals surface area contributed by atoms with Crippen LogP contribution in [0.1, 0.15) is 12.1 Å². The van der Waals surface area contributed by atoms with Crippen molar-refractivity contribution in [3.63, 3.8) is 0 Å². The first-order chi connectivity index (χ1) is 6.77. The molecule has 74 valence electrons. The third-order valence-corrected chi connectivity index (χ3v) is 2.69. The molecule has 1 aromatic heterocycles. The number of hydrogen-bond acceptors (Lipinski definition) is 3. The van der Waals surface area contributed by atoms with Gasteiger partial charge in [0.2, 0.25) is 0 Å². The molecular weight excluding hydrogens is 242 g/mol. The molecule has 1 aliphatic rings. The topological polar surface area (TPSA) is 50.9 Å². The molecule has 0 spiro atoms. The minimum Gasteiger partial charge on any atom is -0.397 e. The Morgan fingerprint density at radius 2 is 2.36 bits per heavy atom. The van der Waals surface area contributed by atoms with Crippen LogP contribution in [0.3, 0.4) is 0 Å². The Labute approximate surface area is 91.5 Å². The fourth-order valence-electron chi connectivity index (χ4n) is 1.56. The van der Waals surface area contributed by atoms with Gasteiger partial charge in [0, 0.05) is 17.2 Å². The van der Waals surface area contributed by atoms with Gasteiger partial charge in [-0.25, -0.2) is 0 Å². The van der Waals surface area contributed by atoms with Gasteiger partial charge >= 0.3 is 0 Å². The Bertz CT molecular complexity index is 374. The van der Waals surface area contributed by atoms with E-state index >= 15 is 0 Å². The first kappa shape index (κ1) is 9.68. The summed E-state index contributed by atoms with van der Waals surface area (Å²) in [5, 5.41) is 3.26. The molecule has 3 N–H and O–H groups in total. The second kappa shape index (κ2) is 4.11. The normalized spacial score (nSPS) is 16.5. The Balaban J connectivity index is 2.35. The van der Waals surface area contributed by atoms with Crippen LogP contribution in [0, 0.1) is 0 Å². The van der Waals surface area contributed by atoms with E-state index in [4.69, 9.17) is 5.73 Å². The van der Waals surface area contributed by atoms with E-state index in [-0.39, 0.29) is 0 Å². The zero-order valence-corrected chi connectivity index (χ0v) is 9.34. The number of hydrogen-bond donors (Lipinski definition) is 2. The molecular formula is C10H12BrN3. The highest BCUT2D eigenvalue weighted by molar-refractivity contribution is 9.10. The molecule has 0 fully saturated rings. The number of halogens is 1. The summed E-state index contributed by atoms with van der Waals surface area (Å²) in [5.74, 6) is 0. The van der Waals surface area contributed by atoms with Gasteiger partial charge in [-0.3, -0.25) is 4.98 Å². The predicted octanol–water partition coefficient (Wildman–Crippen LogP) is 1.80. The standard InChI is InChI=1S/C10H12BrN3/c11-8-5-9(12)10(14-6-8)7-1-3-13-4-2-7/h1,5-6,13H,2-4,12H2. The number of rotatable bonds is 1. The molecule has 3 nitrogen and oxygen atoms in total. The maximum atomic E-state index is 5.90. The monoisotopic (exact) mass is 253 g/mol. The number of aromatic nitrogens is 1. The number of nitrogen functional groups attached to an aromatic ring is 1. The van der Waals surface area contributed by atoms with E-state index < -0.39 is 0 Å². The highest BCUT2D eigenvalue weighted by atomic mass is 79.9. The molecule has 0 aromatic carbocycles. The number of anilines is 1. The van der Waals surface area contributed by atoms with Crippen LogP contribution in [0.5, 0.6) is 0 Å². The summed E-state index contributed by atoms with van der Waals surface area (Å²) >= 11 is 3.35. The Morgan fingerprint density at radius 3 is 3.00 bits per heavy atom. The molecule has 0 saturated heterocycles. The van der Waals surface area contributed by atoms with Gasteiger partial charge in [-0.15, -0.1) is 0 Å². The molecule has 14 heavy (non-hydrogen) atoms. The van der Waals surface area contributed by atoms with E-state index in [1.165, 1.54) is 5.57 Å². The first-order valence-corrected chi connectivity index (χ1v) is 5.38. The Hall–Kier alpha value is -0.870. The maximum absolute atomic E-state index is 5.90. The SMILES string of the molecule is Nc1cc(Br)cnc1C1=CCNCC1. The van der Waals surface area contributed by atoms with Crippen LogP contribution < -0.4 is 11.1 Å². The van der Waals surface area contributed by atoms with Gasteiger partial charge < -0.3 is 11.1 Å². The van der Waals surface area contributed by atoms with Crippen molar-refractivity contribution < 1.29 is 0 Å². The Kier molecular flexibility index (Phi) is 2.84. The molecule has 0 saturated carbocycles. The van der Waals surface area contributed by atoms with Crippen LogP contribution in [0.2, 0.25) is 0 Å². The minimum absolute atomic E-state index is 0.743. The molecule has 0 amide bonds. The van der Waals surface area contributed by atoms with Gasteiger partial charge in [-0.1, -0.05) is 6.08 Å². The second-order valence-electron chi connectivity index (χ2n) is 3.27. The molecule has 0 unspecified atom stereocenters. The summed E-state index contributed by atoms with van der Waals surface area (Å²) in [5.41, 5.74) is 8.81. The van der Waals surface area contributed by atoms with Crippen LogP contribution in [0.4, 0.5) is 5.69 Å². The largest absolute Gasteiger partial charge is 0.397 e. The first-order valence-electron chi connectivity index (χ1n) is 4.58. The van der Waals surface area contributed by atoms with Crippen LogP contribution in [0.15, 0.2) is 22.8 Å². The van der Waals surface area contributed by atoms with Crippen molar-refractivity contribution in [1.29, 1.82) is 0 Å². The summed E-state index contributed by atoms with van der Waals surface area (Å²) in [4.78, 5) is 4.33. The molecule has 1 aromatic rings. The zero-order chi connectivity index (χ0) is 9.97. The number of nitrogens with zero attached hydrogens (tertiary/aromatic N) is 1. The molecule has 0 bridgehead atoms. The van der Waals surface area contributed by atoms with Crippen molar-refractivity contribution in [2.45, 2.75) is 6.42 Å². The van der Waals surface area contributed by atoms with Crippen molar-refractivity contribution in [2.75, 3.05) is 18.8 Å². The lowest BCUT2D eigenvalue weighted by molar-refractivity contribution is 0.737. The Morgan fingerprint density at radius 1 is 1.50 bits per heavy atom. The van der Waals surface area contributed by atoms with Gasteiger partial charge in [0.1, 0.15) is 0 Å². The highest BCUT2D eigenvalue weighted by Gasteiger charge is 2.10. The molecule has 2 rings (SSSR count). The predicted molar refractivity (Wildman–Crippen MR) is 61.8 cm³/mol. The van der Waals surface area contributed by atoms with Crippen molar-refractivity contribution in [1.82, 2.24) is 10.3 Å². The maximum Gasteiger partial charge on any atom is 0.0889 e. The lowest BCUT2D eigenvalue weighted by Gasteiger charge is -2.14. The zero-order valence-electron chi connectivity index (χ0n) is 7.76. The van der Waals surface area contributed by atoms with E-state index in [1.807, 2.05) is 6.07 Å². The third kappa shape index (κ3) is 1.96.